The fraction of sp³-hybridized carbons (Fsp3) is 0.524. The Hall–Kier alpha value is -2.95. The second-order valence-corrected chi connectivity index (χ2v) is 16.1. The molecule has 0 saturated carbocycles. The number of ether oxygens (including phenoxy) is 3. The molecule has 4 aliphatic rings. The number of aliphatic hydroxyl groups is 1. The molecule has 25 heteroatoms. The van der Waals surface area contributed by atoms with E-state index in [-0.39, 0.29) is 29.5 Å². The number of H-pyrrole nitrogens is 1. The zero-order valence-electron chi connectivity index (χ0n) is 23.6. The van der Waals surface area contributed by atoms with Gasteiger partial charge in [0.25, 0.3) is 20.6 Å². The van der Waals surface area contributed by atoms with E-state index in [0.717, 1.165) is 0 Å². The van der Waals surface area contributed by atoms with E-state index in [2.05, 4.69) is 42.2 Å². The van der Waals surface area contributed by atoms with Gasteiger partial charge in [-0.05, 0) is 0 Å². The Labute approximate surface area is 262 Å². The van der Waals surface area contributed by atoms with E-state index in [4.69, 9.17) is 43.8 Å². The number of anilines is 2. The van der Waals surface area contributed by atoms with E-state index in [0.29, 0.717) is 11.2 Å². The van der Waals surface area contributed by atoms with Gasteiger partial charge in [0.05, 0.1) is 32.5 Å². The molecule has 8 heterocycles. The van der Waals surface area contributed by atoms with Crippen molar-refractivity contribution in [2.45, 2.75) is 48.6 Å². The van der Waals surface area contributed by atoms with Gasteiger partial charge in [-0.2, -0.15) is 4.98 Å². The number of aromatic nitrogens is 8. The zero-order chi connectivity index (χ0) is 32.2. The lowest BCUT2D eigenvalue weighted by Gasteiger charge is -2.33. The van der Waals surface area contributed by atoms with Crippen molar-refractivity contribution in [1.29, 1.82) is 0 Å². The van der Waals surface area contributed by atoms with Crippen LogP contribution in [-0.2, 0) is 41.4 Å². The van der Waals surface area contributed by atoms with Crippen LogP contribution in [0.25, 0.3) is 22.3 Å². The third-order valence-electron chi connectivity index (χ3n) is 8.18. The van der Waals surface area contributed by atoms with Crippen LogP contribution in [0.1, 0.15) is 12.5 Å². The average Bonchev–Trinajstić information content (AvgIpc) is 3.80. The first kappa shape index (κ1) is 30.4. The van der Waals surface area contributed by atoms with Crippen molar-refractivity contribution in [3.05, 3.63) is 29.3 Å². The molecule has 0 amide bonds. The number of fused-ring (bicyclic) bond motifs is 4. The molecule has 4 aromatic rings. The summed E-state index contributed by atoms with van der Waals surface area (Å²) in [6.45, 7) is -5.28. The molecular weight excluding hydrogens is 673 g/mol. The van der Waals surface area contributed by atoms with E-state index >= 15 is 0 Å². The Balaban J connectivity index is 1.14. The molecule has 0 spiro atoms. The van der Waals surface area contributed by atoms with Gasteiger partial charge < -0.3 is 39.8 Å². The highest BCUT2D eigenvalue weighted by Gasteiger charge is 2.65. The van der Waals surface area contributed by atoms with Crippen LogP contribution in [0.15, 0.2) is 23.8 Å². The summed E-state index contributed by atoms with van der Waals surface area (Å²) >= 11 is 4.18. The second kappa shape index (κ2) is 10.5. The first-order valence-corrected chi connectivity index (χ1v) is 18.4. The highest BCUT2D eigenvalue weighted by Crippen LogP contribution is 2.61. The standard InChI is InChI=1S/C21H25BN10O11P2S/c22-44(35)39-3-21-2-37-12(19(41-21)31-5-27-8-14(23)25-4-26-15(8)31)13(21)43-45(36,46)38-1-7-10(33)11(42-44)18(40-7)32-6-28-9-16(32)29-20(24)30-17(9)34/h4-7,10-13,18-19,33H,1-3,22H2,(H,36,46)(H2,23,25,26)(H3,24,29,30,34)/t7?,10?,11?,12?,13?,18?,19?,21?,44?,45-/m1/s1. The lowest BCUT2D eigenvalue weighted by atomic mass is 10.0. The van der Waals surface area contributed by atoms with Crippen LogP contribution in [0, 0.1) is 0 Å². The van der Waals surface area contributed by atoms with Gasteiger partial charge in [-0.3, -0.25) is 32.5 Å². The Morgan fingerprint density at radius 3 is 2.59 bits per heavy atom. The number of nitrogens with zero attached hydrogens (tertiary/aromatic N) is 7. The van der Waals surface area contributed by atoms with Crippen molar-refractivity contribution in [3.8, 4) is 0 Å². The number of nitrogens with one attached hydrogen (secondary N) is 1. The molecule has 4 fully saturated rings. The molecule has 4 bridgehead atoms. The Morgan fingerprint density at radius 1 is 1.02 bits per heavy atom. The van der Waals surface area contributed by atoms with Crippen LogP contribution < -0.4 is 17.0 Å². The highest BCUT2D eigenvalue weighted by molar-refractivity contribution is 8.44. The Kier molecular flexibility index (Phi) is 6.96. The number of nitrogens with two attached hydrogens (primary N) is 2. The van der Waals surface area contributed by atoms with Crippen molar-refractivity contribution in [2.75, 3.05) is 31.3 Å². The molecule has 0 aliphatic carbocycles. The molecule has 10 atom stereocenters. The lowest BCUT2D eigenvalue weighted by molar-refractivity contribution is -0.182. The third-order valence-corrected chi connectivity index (χ3v) is 11.0. The van der Waals surface area contributed by atoms with Crippen molar-refractivity contribution in [2.24, 2.45) is 0 Å². The summed E-state index contributed by atoms with van der Waals surface area (Å²) in [6, 6.07) is 0. The number of thiol groups is 1. The molecule has 0 radical (unpaired) electrons. The van der Waals surface area contributed by atoms with Gasteiger partial charge in [0.15, 0.2) is 35.1 Å². The zero-order valence-corrected chi connectivity index (χ0v) is 26.2. The first-order valence-electron chi connectivity index (χ1n) is 13.7. The molecule has 4 aromatic heterocycles. The Morgan fingerprint density at radius 2 is 1.78 bits per heavy atom. The predicted molar refractivity (Wildman–Crippen MR) is 159 cm³/mol. The minimum atomic E-state index is -4.23. The topological polar surface area (TPSA) is 278 Å². The smallest absolute Gasteiger partial charge is 0.386 e. The molecular formula is C21H25BN10O11P2S. The highest BCUT2D eigenvalue weighted by atomic mass is 32.7. The van der Waals surface area contributed by atoms with Crippen LogP contribution >= 0.6 is 26.5 Å². The van der Waals surface area contributed by atoms with E-state index < -0.39 is 81.6 Å². The monoisotopic (exact) mass is 698 g/mol. The minimum Gasteiger partial charge on any atom is -0.387 e. The third kappa shape index (κ3) is 4.81. The number of aromatic amines is 1. The average molecular weight is 698 g/mol. The summed E-state index contributed by atoms with van der Waals surface area (Å²) in [7, 11) is -2.86. The number of rotatable bonds is 2. The summed E-state index contributed by atoms with van der Waals surface area (Å²) in [5, 5.41) is 11.2. The first-order chi connectivity index (χ1) is 21.8. The molecule has 46 heavy (non-hydrogen) atoms. The van der Waals surface area contributed by atoms with E-state index in [9.17, 15) is 19.0 Å². The minimum absolute atomic E-state index is 0.00474. The van der Waals surface area contributed by atoms with E-state index in [1.165, 1.54) is 31.1 Å². The van der Waals surface area contributed by atoms with Crippen LogP contribution in [0.5, 0.6) is 0 Å². The number of aliphatic hydroxyl groups excluding tert-OH is 1. The molecule has 0 aromatic carbocycles. The number of nitrogen functional groups attached to an aromatic ring is 2. The maximum Gasteiger partial charge on any atom is 0.386 e. The fourth-order valence-corrected chi connectivity index (χ4v) is 8.76. The fourth-order valence-electron chi connectivity index (χ4n) is 6.07. The normalized spacial score (nSPS) is 39.7. The molecule has 8 rings (SSSR count). The van der Waals surface area contributed by atoms with Gasteiger partial charge in [0.1, 0.15) is 48.0 Å². The van der Waals surface area contributed by atoms with Gasteiger partial charge in [-0.25, -0.2) is 24.5 Å². The van der Waals surface area contributed by atoms with Crippen molar-refractivity contribution < 1.29 is 46.5 Å². The molecule has 6 N–H and O–H groups in total. The van der Waals surface area contributed by atoms with Crippen LogP contribution in [0.4, 0.5) is 11.8 Å². The van der Waals surface area contributed by atoms with Gasteiger partial charge in [-0.15, -0.1) is 0 Å². The van der Waals surface area contributed by atoms with Crippen molar-refractivity contribution in [3.63, 3.8) is 0 Å². The summed E-state index contributed by atoms with van der Waals surface area (Å²) in [6.07, 6.45) is -4.37. The predicted octanol–water partition coefficient (Wildman–Crippen LogP) is -1.36. The SMILES string of the molecule is BP1(=O)OCC23COC(C(n4cnc5c(N)ncnc54)O2)C3O[P@](=O)(S)OCC2OC(n3cnc4c(=O)[nH]c(N)nc43)C(O1)C2O. The summed E-state index contributed by atoms with van der Waals surface area (Å²) in [5.41, 5.74) is 10.2. The number of hydrogen-bond donors (Lipinski definition) is 5. The van der Waals surface area contributed by atoms with Crippen molar-refractivity contribution in [1.82, 2.24) is 39.0 Å². The van der Waals surface area contributed by atoms with Gasteiger partial charge in [0, 0.05) is 0 Å². The van der Waals surface area contributed by atoms with Crippen LogP contribution in [0.2, 0.25) is 0 Å². The molecule has 9 unspecified atom stereocenters. The van der Waals surface area contributed by atoms with Gasteiger partial charge in [0.2, 0.25) is 5.95 Å². The summed E-state index contributed by atoms with van der Waals surface area (Å²) in [4.78, 5) is 35.4. The number of hydrogen-bond acceptors (Lipinski definition) is 18. The van der Waals surface area contributed by atoms with Gasteiger partial charge >= 0.3 is 6.80 Å². The maximum absolute atomic E-state index is 13.9. The van der Waals surface area contributed by atoms with Crippen LogP contribution in [0.3, 0.4) is 0 Å². The number of imidazole rings is 2. The van der Waals surface area contributed by atoms with Crippen LogP contribution in [-0.4, -0.2) is 108 Å². The second-order valence-electron chi connectivity index (χ2n) is 11.2. The lowest BCUT2D eigenvalue weighted by Crippen LogP contribution is -2.45. The largest absolute Gasteiger partial charge is 0.387 e. The molecule has 4 saturated heterocycles. The quantitative estimate of drug-likeness (QED) is 0.0919. The Bertz CT molecular complexity index is 2030. The molecule has 21 nitrogen and oxygen atoms in total. The molecule has 244 valence electrons. The van der Waals surface area contributed by atoms with E-state index in [1.54, 1.807) is 4.57 Å². The summed E-state index contributed by atoms with van der Waals surface area (Å²) < 4.78 is 72.1. The molecule has 4 aliphatic heterocycles. The maximum atomic E-state index is 13.9. The summed E-state index contributed by atoms with van der Waals surface area (Å²) in [5.74, 6) is -0.0483. The van der Waals surface area contributed by atoms with E-state index in [1.807, 2.05) is 0 Å². The van der Waals surface area contributed by atoms with Gasteiger partial charge in [-0.1, -0.05) is 12.2 Å². The van der Waals surface area contributed by atoms with Crippen molar-refractivity contribution >= 4 is 68.2 Å².